The highest BCUT2D eigenvalue weighted by Gasteiger charge is 2.29. The minimum Gasteiger partial charge on any atom is -0.379 e. The van der Waals surface area contributed by atoms with E-state index in [2.05, 4.69) is 30.8 Å². The summed E-state index contributed by atoms with van der Waals surface area (Å²) >= 11 is 0. The van der Waals surface area contributed by atoms with Gasteiger partial charge in [-0.2, -0.15) is 5.10 Å². The molecule has 1 aromatic heterocycles. The monoisotopic (exact) mass is 294 g/mol. The van der Waals surface area contributed by atoms with Gasteiger partial charge < -0.3 is 15.4 Å². The van der Waals surface area contributed by atoms with Crippen LogP contribution in [0.3, 0.4) is 0 Å². The summed E-state index contributed by atoms with van der Waals surface area (Å²) in [6.45, 7) is 8.49. The molecule has 0 bridgehead atoms. The molecule has 0 amide bonds. The Kier molecular flexibility index (Phi) is 5.27. The summed E-state index contributed by atoms with van der Waals surface area (Å²) in [4.78, 5) is 2.42. The molecule has 1 aromatic rings. The van der Waals surface area contributed by atoms with Crippen LogP contribution in [-0.2, 0) is 18.2 Å². The van der Waals surface area contributed by atoms with Crippen LogP contribution in [0, 0.1) is 12.8 Å². The zero-order valence-corrected chi connectivity index (χ0v) is 14.1. The van der Waals surface area contributed by atoms with Gasteiger partial charge in [0, 0.05) is 38.9 Å². The third-order valence-electron chi connectivity index (χ3n) is 4.80. The molecule has 1 aliphatic heterocycles. The van der Waals surface area contributed by atoms with E-state index in [4.69, 9.17) is 10.5 Å². The fraction of sp³-hybridized carbons (Fsp3) is 0.812. The average molecular weight is 294 g/mol. The zero-order valence-electron chi connectivity index (χ0n) is 14.1. The SMILES string of the molecule is CCC(N)Cc1c(C)nn(C)c1N1CCC(C)C(OC)C1. The number of hydrogen-bond donors (Lipinski definition) is 1. The summed E-state index contributed by atoms with van der Waals surface area (Å²) in [6.07, 6.45) is 3.34. The molecule has 2 rings (SSSR count). The van der Waals surface area contributed by atoms with Gasteiger partial charge in [-0.3, -0.25) is 4.68 Å². The molecule has 1 saturated heterocycles. The van der Waals surface area contributed by atoms with E-state index in [1.54, 1.807) is 0 Å². The number of anilines is 1. The van der Waals surface area contributed by atoms with E-state index >= 15 is 0 Å². The van der Waals surface area contributed by atoms with Crippen molar-refractivity contribution in [2.24, 2.45) is 18.7 Å². The van der Waals surface area contributed by atoms with Gasteiger partial charge in [-0.25, -0.2) is 0 Å². The van der Waals surface area contributed by atoms with Crippen molar-refractivity contribution < 1.29 is 4.74 Å². The lowest BCUT2D eigenvalue weighted by molar-refractivity contribution is 0.0494. The summed E-state index contributed by atoms with van der Waals surface area (Å²) in [5.74, 6) is 1.84. The highest BCUT2D eigenvalue weighted by Crippen LogP contribution is 2.29. The molecule has 3 atom stereocenters. The maximum atomic E-state index is 6.18. The first-order valence-electron chi connectivity index (χ1n) is 8.03. The van der Waals surface area contributed by atoms with Crippen molar-refractivity contribution in [2.75, 3.05) is 25.1 Å². The van der Waals surface area contributed by atoms with E-state index in [0.717, 1.165) is 38.0 Å². The van der Waals surface area contributed by atoms with Crippen molar-refractivity contribution in [3.8, 4) is 0 Å². The Morgan fingerprint density at radius 2 is 2.19 bits per heavy atom. The summed E-state index contributed by atoms with van der Waals surface area (Å²) in [5, 5.41) is 4.62. The van der Waals surface area contributed by atoms with Crippen LogP contribution in [0.2, 0.25) is 0 Å². The molecular formula is C16H30N4O. The summed E-state index contributed by atoms with van der Waals surface area (Å²) < 4.78 is 7.66. The van der Waals surface area contributed by atoms with Crippen molar-refractivity contribution in [1.82, 2.24) is 9.78 Å². The molecule has 0 aliphatic carbocycles. The van der Waals surface area contributed by atoms with Crippen LogP contribution in [-0.4, -0.2) is 42.1 Å². The molecule has 120 valence electrons. The van der Waals surface area contributed by atoms with Gasteiger partial charge in [0.05, 0.1) is 11.8 Å². The van der Waals surface area contributed by atoms with E-state index in [0.29, 0.717) is 12.0 Å². The number of piperidine rings is 1. The van der Waals surface area contributed by atoms with Crippen LogP contribution in [0.5, 0.6) is 0 Å². The number of nitrogens with two attached hydrogens (primary N) is 1. The highest BCUT2D eigenvalue weighted by atomic mass is 16.5. The quantitative estimate of drug-likeness (QED) is 0.901. The molecule has 0 spiro atoms. The lowest BCUT2D eigenvalue weighted by Gasteiger charge is -2.38. The predicted molar refractivity (Wildman–Crippen MR) is 86.7 cm³/mol. The molecular weight excluding hydrogens is 264 g/mol. The van der Waals surface area contributed by atoms with Gasteiger partial charge in [0.2, 0.25) is 0 Å². The Hall–Kier alpha value is -1.07. The van der Waals surface area contributed by atoms with E-state index in [-0.39, 0.29) is 6.04 Å². The second-order valence-corrected chi connectivity index (χ2v) is 6.37. The number of methoxy groups -OCH3 is 1. The van der Waals surface area contributed by atoms with Gasteiger partial charge in [0.1, 0.15) is 5.82 Å². The number of aromatic nitrogens is 2. The zero-order chi connectivity index (χ0) is 15.6. The summed E-state index contributed by atoms with van der Waals surface area (Å²) in [7, 11) is 3.84. The van der Waals surface area contributed by atoms with Gasteiger partial charge in [-0.15, -0.1) is 0 Å². The van der Waals surface area contributed by atoms with E-state index in [1.165, 1.54) is 11.4 Å². The topological polar surface area (TPSA) is 56.3 Å². The number of ether oxygens (including phenoxy) is 1. The first-order valence-corrected chi connectivity index (χ1v) is 8.03. The van der Waals surface area contributed by atoms with Gasteiger partial charge >= 0.3 is 0 Å². The summed E-state index contributed by atoms with van der Waals surface area (Å²) in [5.41, 5.74) is 8.58. The van der Waals surface area contributed by atoms with Crippen molar-refractivity contribution in [1.29, 1.82) is 0 Å². The third kappa shape index (κ3) is 3.40. The number of nitrogens with zero attached hydrogens (tertiary/aromatic N) is 3. The van der Waals surface area contributed by atoms with Gasteiger partial charge in [-0.1, -0.05) is 13.8 Å². The lowest BCUT2D eigenvalue weighted by atomic mass is 9.95. The Bertz CT molecular complexity index is 471. The Morgan fingerprint density at radius 1 is 1.48 bits per heavy atom. The van der Waals surface area contributed by atoms with Crippen LogP contribution in [0.15, 0.2) is 0 Å². The molecule has 1 aliphatic rings. The number of hydrogen-bond acceptors (Lipinski definition) is 4. The maximum Gasteiger partial charge on any atom is 0.130 e. The second-order valence-electron chi connectivity index (χ2n) is 6.37. The highest BCUT2D eigenvalue weighted by molar-refractivity contribution is 5.51. The van der Waals surface area contributed by atoms with Crippen molar-refractivity contribution in [3.63, 3.8) is 0 Å². The van der Waals surface area contributed by atoms with E-state index in [1.807, 2.05) is 18.8 Å². The summed E-state index contributed by atoms with van der Waals surface area (Å²) in [6, 6.07) is 0.202. The molecule has 0 radical (unpaired) electrons. The molecule has 3 unspecified atom stereocenters. The molecule has 0 aromatic carbocycles. The molecule has 1 fully saturated rings. The first kappa shape index (κ1) is 16.3. The van der Waals surface area contributed by atoms with Crippen LogP contribution in [0.25, 0.3) is 0 Å². The van der Waals surface area contributed by atoms with Gasteiger partial charge in [0.25, 0.3) is 0 Å². The van der Waals surface area contributed by atoms with E-state index < -0.39 is 0 Å². The standard InChI is InChI=1S/C16H30N4O/c1-6-13(17)9-14-12(3)18-19(4)16(14)20-8-7-11(2)15(10-20)21-5/h11,13,15H,6-10,17H2,1-5H3. The Labute approximate surface area is 128 Å². The van der Waals surface area contributed by atoms with Crippen molar-refractivity contribution >= 4 is 5.82 Å². The van der Waals surface area contributed by atoms with Gasteiger partial charge in [-0.05, 0) is 32.1 Å². The second kappa shape index (κ2) is 6.79. The van der Waals surface area contributed by atoms with Crippen molar-refractivity contribution in [3.05, 3.63) is 11.3 Å². The number of rotatable bonds is 5. The van der Waals surface area contributed by atoms with Crippen molar-refractivity contribution in [2.45, 2.75) is 52.2 Å². The molecule has 2 N–H and O–H groups in total. The minimum atomic E-state index is 0.202. The Morgan fingerprint density at radius 3 is 2.81 bits per heavy atom. The first-order chi connectivity index (χ1) is 9.97. The average Bonchev–Trinajstić information content (AvgIpc) is 2.74. The Balaban J connectivity index is 2.26. The largest absolute Gasteiger partial charge is 0.379 e. The smallest absolute Gasteiger partial charge is 0.130 e. The normalized spacial score (nSPS) is 24.4. The molecule has 5 nitrogen and oxygen atoms in total. The van der Waals surface area contributed by atoms with Crippen LogP contribution in [0.1, 0.15) is 37.9 Å². The van der Waals surface area contributed by atoms with Crippen LogP contribution < -0.4 is 10.6 Å². The maximum absolute atomic E-state index is 6.18. The van der Waals surface area contributed by atoms with Gasteiger partial charge in [0.15, 0.2) is 0 Å². The molecule has 21 heavy (non-hydrogen) atoms. The number of aryl methyl sites for hydroxylation is 2. The third-order valence-corrected chi connectivity index (χ3v) is 4.80. The molecule has 2 heterocycles. The lowest BCUT2D eigenvalue weighted by Crippen LogP contribution is -2.45. The molecule has 0 saturated carbocycles. The minimum absolute atomic E-state index is 0.202. The molecule has 5 heteroatoms. The fourth-order valence-corrected chi connectivity index (χ4v) is 3.26. The van der Waals surface area contributed by atoms with E-state index in [9.17, 15) is 0 Å². The predicted octanol–water partition coefficient (Wildman–Crippen LogP) is 1.87. The van der Waals surface area contributed by atoms with Crippen LogP contribution in [0.4, 0.5) is 5.82 Å². The van der Waals surface area contributed by atoms with Crippen LogP contribution >= 0.6 is 0 Å². The fourth-order valence-electron chi connectivity index (χ4n) is 3.26.